The van der Waals surface area contributed by atoms with E-state index in [2.05, 4.69) is 16.5 Å². The van der Waals surface area contributed by atoms with Crippen LogP contribution >= 0.6 is 23.4 Å². The Kier molecular flexibility index (Phi) is 3.72. The smallest absolute Gasteiger partial charge is 0.147 e. The Morgan fingerprint density at radius 3 is 3.18 bits per heavy atom. The van der Waals surface area contributed by atoms with Crippen molar-refractivity contribution in [3.8, 4) is 0 Å². The maximum Gasteiger partial charge on any atom is 0.147 e. The average molecular weight is 192 g/mol. The molecule has 0 saturated carbocycles. The van der Waals surface area contributed by atoms with Crippen LogP contribution in [0.25, 0.3) is 0 Å². The van der Waals surface area contributed by atoms with E-state index < -0.39 is 0 Å². The summed E-state index contributed by atoms with van der Waals surface area (Å²) in [5, 5.41) is 7.62. The first-order chi connectivity index (χ1) is 5.38. The van der Waals surface area contributed by atoms with Gasteiger partial charge in [0.2, 0.25) is 0 Å². The second-order valence-corrected chi connectivity index (χ2v) is 3.32. The zero-order valence-corrected chi connectivity index (χ0v) is 7.90. The molecule has 1 rings (SSSR count). The second kappa shape index (κ2) is 4.62. The van der Waals surface area contributed by atoms with Gasteiger partial charge in [0, 0.05) is 12.3 Å². The van der Waals surface area contributed by atoms with Crippen LogP contribution in [0.3, 0.4) is 0 Å². The van der Waals surface area contributed by atoms with Crippen molar-refractivity contribution in [2.24, 2.45) is 0 Å². The molecule has 0 aliphatic heterocycles. The van der Waals surface area contributed by atoms with Crippen LogP contribution in [0.5, 0.6) is 0 Å². The predicted octanol–water partition coefficient (Wildman–Crippen LogP) is 1.38. The maximum atomic E-state index is 5.62. The SMILES string of the molecule is CSCCn1cnnc1CCl. The summed E-state index contributed by atoms with van der Waals surface area (Å²) in [4.78, 5) is 0. The van der Waals surface area contributed by atoms with E-state index in [0.717, 1.165) is 18.1 Å². The van der Waals surface area contributed by atoms with Crippen molar-refractivity contribution in [2.45, 2.75) is 12.4 Å². The minimum Gasteiger partial charge on any atom is -0.316 e. The summed E-state index contributed by atoms with van der Waals surface area (Å²) >= 11 is 7.42. The molecule has 62 valence electrons. The fraction of sp³-hybridized carbons (Fsp3) is 0.667. The molecule has 0 unspecified atom stereocenters. The number of hydrogen-bond donors (Lipinski definition) is 0. The molecule has 5 heteroatoms. The summed E-state index contributed by atoms with van der Waals surface area (Å²) in [6.45, 7) is 0.941. The molecule has 0 aliphatic carbocycles. The van der Waals surface area contributed by atoms with Crippen molar-refractivity contribution in [2.75, 3.05) is 12.0 Å². The van der Waals surface area contributed by atoms with Crippen molar-refractivity contribution >= 4 is 23.4 Å². The minimum atomic E-state index is 0.439. The van der Waals surface area contributed by atoms with Gasteiger partial charge in [-0.05, 0) is 6.26 Å². The molecule has 3 nitrogen and oxygen atoms in total. The van der Waals surface area contributed by atoms with Gasteiger partial charge in [-0.2, -0.15) is 11.8 Å². The average Bonchev–Trinajstić information content (AvgIpc) is 2.47. The zero-order valence-electron chi connectivity index (χ0n) is 6.33. The van der Waals surface area contributed by atoms with Gasteiger partial charge in [-0.3, -0.25) is 0 Å². The summed E-state index contributed by atoms with van der Waals surface area (Å²) in [6.07, 6.45) is 3.79. The van der Waals surface area contributed by atoms with Gasteiger partial charge in [-0.1, -0.05) is 0 Å². The molecule has 0 amide bonds. The monoisotopic (exact) mass is 191 g/mol. The van der Waals surface area contributed by atoms with Crippen molar-refractivity contribution in [1.82, 2.24) is 14.8 Å². The third-order valence-corrected chi connectivity index (χ3v) is 2.18. The third kappa shape index (κ3) is 2.38. The molecule has 1 aromatic rings. The lowest BCUT2D eigenvalue weighted by Gasteiger charge is -2.01. The quantitative estimate of drug-likeness (QED) is 0.674. The molecule has 0 radical (unpaired) electrons. The van der Waals surface area contributed by atoms with Gasteiger partial charge in [0.25, 0.3) is 0 Å². The van der Waals surface area contributed by atoms with E-state index >= 15 is 0 Å². The van der Waals surface area contributed by atoms with Crippen molar-refractivity contribution in [1.29, 1.82) is 0 Å². The molecule has 0 aromatic carbocycles. The fourth-order valence-corrected chi connectivity index (χ4v) is 1.35. The number of halogens is 1. The van der Waals surface area contributed by atoms with Crippen LogP contribution in [0.2, 0.25) is 0 Å². The van der Waals surface area contributed by atoms with Crippen molar-refractivity contribution in [3.05, 3.63) is 12.2 Å². The van der Waals surface area contributed by atoms with Gasteiger partial charge in [0.15, 0.2) is 0 Å². The molecule has 1 aromatic heterocycles. The van der Waals surface area contributed by atoms with Crippen molar-refractivity contribution < 1.29 is 0 Å². The Bertz CT molecular complexity index is 213. The van der Waals surface area contributed by atoms with E-state index in [1.807, 2.05) is 4.57 Å². The second-order valence-electron chi connectivity index (χ2n) is 2.07. The number of aryl methyl sites for hydroxylation is 1. The summed E-state index contributed by atoms with van der Waals surface area (Å²) in [5.41, 5.74) is 0. The Hall–Kier alpha value is -0.220. The predicted molar refractivity (Wildman–Crippen MR) is 48.0 cm³/mol. The van der Waals surface area contributed by atoms with Gasteiger partial charge in [0.05, 0.1) is 5.88 Å². The maximum absolute atomic E-state index is 5.62. The number of aromatic nitrogens is 3. The molecule has 0 spiro atoms. The largest absolute Gasteiger partial charge is 0.316 e. The molecule has 0 saturated heterocycles. The number of nitrogens with zero attached hydrogens (tertiary/aromatic N) is 3. The molecule has 0 fully saturated rings. The summed E-state index contributed by atoms with van der Waals surface area (Å²) in [7, 11) is 0. The molecule has 0 atom stereocenters. The minimum absolute atomic E-state index is 0.439. The van der Waals surface area contributed by atoms with Crippen LogP contribution in [-0.4, -0.2) is 26.8 Å². The van der Waals surface area contributed by atoms with Crippen LogP contribution in [0.15, 0.2) is 6.33 Å². The highest BCUT2D eigenvalue weighted by Crippen LogP contribution is 2.01. The van der Waals surface area contributed by atoms with E-state index in [9.17, 15) is 0 Å². The van der Waals surface area contributed by atoms with Gasteiger partial charge in [-0.15, -0.1) is 21.8 Å². The highest BCUT2D eigenvalue weighted by molar-refractivity contribution is 7.98. The first kappa shape index (κ1) is 8.87. The summed E-state index contributed by atoms with van der Waals surface area (Å²) < 4.78 is 1.98. The van der Waals surface area contributed by atoms with Crippen LogP contribution < -0.4 is 0 Å². The molecular weight excluding hydrogens is 182 g/mol. The highest BCUT2D eigenvalue weighted by atomic mass is 35.5. The third-order valence-electron chi connectivity index (χ3n) is 1.35. The lowest BCUT2D eigenvalue weighted by Crippen LogP contribution is -2.02. The number of rotatable bonds is 4. The molecule has 0 bridgehead atoms. The fourth-order valence-electron chi connectivity index (χ4n) is 0.759. The van der Waals surface area contributed by atoms with Crippen LogP contribution in [0, 0.1) is 0 Å². The van der Waals surface area contributed by atoms with Gasteiger partial charge < -0.3 is 4.57 Å². The summed E-state index contributed by atoms with van der Waals surface area (Å²) in [5.74, 6) is 2.36. The molecule has 1 heterocycles. The normalized spacial score (nSPS) is 10.4. The van der Waals surface area contributed by atoms with Crippen molar-refractivity contribution in [3.63, 3.8) is 0 Å². The van der Waals surface area contributed by atoms with Gasteiger partial charge in [-0.25, -0.2) is 0 Å². The number of hydrogen-bond acceptors (Lipinski definition) is 3. The molecule has 11 heavy (non-hydrogen) atoms. The zero-order chi connectivity index (χ0) is 8.10. The molecule has 0 aliphatic rings. The molecule has 0 N–H and O–H groups in total. The highest BCUT2D eigenvalue weighted by Gasteiger charge is 2.00. The van der Waals surface area contributed by atoms with Gasteiger partial charge >= 0.3 is 0 Å². The Morgan fingerprint density at radius 1 is 1.73 bits per heavy atom. The van der Waals surface area contributed by atoms with E-state index in [0.29, 0.717) is 5.88 Å². The lowest BCUT2D eigenvalue weighted by atomic mass is 10.6. The number of thioether (sulfide) groups is 1. The standard InChI is InChI=1S/C6H10ClN3S/c1-11-3-2-10-5-8-9-6(10)4-7/h5H,2-4H2,1H3. The Labute approximate surface area is 75.1 Å². The van der Waals surface area contributed by atoms with E-state index in [4.69, 9.17) is 11.6 Å². The van der Waals surface area contributed by atoms with Crippen LogP contribution in [0.4, 0.5) is 0 Å². The summed E-state index contributed by atoms with van der Waals surface area (Å²) in [6, 6.07) is 0. The first-order valence-electron chi connectivity index (χ1n) is 3.30. The van der Waals surface area contributed by atoms with E-state index in [-0.39, 0.29) is 0 Å². The van der Waals surface area contributed by atoms with Crippen LogP contribution in [0.1, 0.15) is 5.82 Å². The van der Waals surface area contributed by atoms with Crippen LogP contribution in [-0.2, 0) is 12.4 Å². The Morgan fingerprint density at radius 2 is 2.55 bits per heavy atom. The Balaban J connectivity index is 2.54. The van der Waals surface area contributed by atoms with Gasteiger partial charge in [0.1, 0.15) is 12.2 Å². The first-order valence-corrected chi connectivity index (χ1v) is 5.23. The number of alkyl halides is 1. The topological polar surface area (TPSA) is 30.7 Å². The van der Waals surface area contributed by atoms with E-state index in [1.54, 1.807) is 18.1 Å². The molecular formula is C6H10ClN3S. The van der Waals surface area contributed by atoms with E-state index in [1.165, 1.54) is 0 Å². The lowest BCUT2D eigenvalue weighted by molar-refractivity contribution is 0.732.